The zero-order chi connectivity index (χ0) is 9.26. The first-order valence-electron chi connectivity index (χ1n) is 3.85. The molecule has 62 valence electrons. The highest BCUT2D eigenvalue weighted by Gasteiger charge is 1.99. The van der Waals surface area contributed by atoms with Gasteiger partial charge in [0.05, 0.1) is 17.1 Å². The second-order valence-corrected chi connectivity index (χ2v) is 2.77. The van der Waals surface area contributed by atoms with E-state index in [1.807, 2.05) is 24.3 Å². The number of hydrogen-bond donors (Lipinski definition) is 1. The van der Waals surface area contributed by atoms with E-state index in [0.717, 1.165) is 10.6 Å². The summed E-state index contributed by atoms with van der Waals surface area (Å²) in [4.78, 5) is 4.21. The van der Waals surface area contributed by atoms with Crippen molar-refractivity contribution in [1.82, 2.24) is 0 Å². The van der Waals surface area contributed by atoms with Crippen molar-refractivity contribution >= 4 is 11.8 Å². The van der Waals surface area contributed by atoms with Crippen LogP contribution in [0, 0.1) is 11.3 Å². The number of nitrogens with two attached hydrogens (primary N) is 1. The van der Waals surface area contributed by atoms with E-state index in [0.29, 0.717) is 11.4 Å². The minimum absolute atomic E-state index is 0.683. The molecule has 1 aromatic rings. The molecule has 1 heterocycles. The predicted octanol–water partition coefficient (Wildman–Crippen LogP) is 0.0900. The van der Waals surface area contributed by atoms with E-state index in [1.54, 1.807) is 6.07 Å². The molecule has 0 amide bonds. The average molecular weight is 169 g/mol. The topological polar surface area (TPSA) is 62.2 Å². The fourth-order valence-corrected chi connectivity index (χ4v) is 1.26. The highest BCUT2D eigenvalue weighted by atomic mass is 14.7. The largest absolute Gasteiger partial charge is 0.399 e. The Balaban J connectivity index is 2.69. The molecule has 1 aromatic carbocycles. The van der Waals surface area contributed by atoms with E-state index < -0.39 is 0 Å². The van der Waals surface area contributed by atoms with Crippen molar-refractivity contribution in [2.24, 2.45) is 4.99 Å². The molecular weight excluding hydrogens is 162 g/mol. The molecule has 13 heavy (non-hydrogen) atoms. The van der Waals surface area contributed by atoms with Crippen LogP contribution in [0.2, 0.25) is 0 Å². The molecule has 3 heteroatoms. The fourth-order valence-electron chi connectivity index (χ4n) is 1.26. The molecule has 0 saturated heterocycles. The lowest BCUT2D eigenvalue weighted by atomic mass is 10.2. The van der Waals surface area contributed by atoms with Gasteiger partial charge in [-0.3, -0.25) is 0 Å². The van der Waals surface area contributed by atoms with Crippen molar-refractivity contribution < 1.29 is 0 Å². The smallest absolute Gasteiger partial charge is 0.0934 e. The van der Waals surface area contributed by atoms with Gasteiger partial charge in [0.1, 0.15) is 0 Å². The average Bonchev–Trinajstić information content (AvgIpc) is 2.46. The summed E-state index contributed by atoms with van der Waals surface area (Å²) in [6.07, 6.45) is 3.26. The molecule has 0 saturated carbocycles. The number of anilines is 1. The Morgan fingerprint density at radius 2 is 2.31 bits per heavy atom. The first kappa shape index (κ1) is 7.56. The molecule has 0 aromatic heterocycles. The molecule has 0 aliphatic carbocycles. The monoisotopic (exact) mass is 169 g/mol. The maximum atomic E-state index is 8.43. The summed E-state index contributed by atoms with van der Waals surface area (Å²) >= 11 is 0. The zero-order valence-electron chi connectivity index (χ0n) is 6.86. The maximum absolute atomic E-state index is 8.43. The molecule has 0 radical (unpaired) electrons. The van der Waals surface area contributed by atoms with Gasteiger partial charge in [-0.25, -0.2) is 4.99 Å². The molecule has 0 bridgehead atoms. The number of hydrogen-bond acceptors (Lipinski definition) is 3. The van der Waals surface area contributed by atoms with Crippen LogP contribution >= 0.6 is 0 Å². The van der Waals surface area contributed by atoms with Gasteiger partial charge >= 0.3 is 0 Å². The Hall–Kier alpha value is -2.08. The second kappa shape index (κ2) is 2.76. The number of rotatable bonds is 0. The summed E-state index contributed by atoms with van der Waals surface area (Å²) in [7, 11) is 0. The van der Waals surface area contributed by atoms with Crippen LogP contribution in [0.15, 0.2) is 35.0 Å². The van der Waals surface area contributed by atoms with Gasteiger partial charge in [-0.1, -0.05) is 0 Å². The lowest BCUT2D eigenvalue weighted by Crippen LogP contribution is -2.20. The van der Waals surface area contributed by atoms with Crippen LogP contribution in [0.4, 0.5) is 5.69 Å². The number of nitrogens with zero attached hydrogens (tertiary/aromatic N) is 2. The molecule has 0 spiro atoms. The molecule has 3 nitrogen and oxygen atoms in total. The van der Waals surface area contributed by atoms with Gasteiger partial charge in [0.15, 0.2) is 0 Å². The zero-order valence-corrected chi connectivity index (χ0v) is 6.86. The van der Waals surface area contributed by atoms with Crippen LogP contribution in [0.3, 0.4) is 0 Å². The molecular formula is C10H7N3. The van der Waals surface area contributed by atoms with Crippen molar-refractivity contribution in [2.45, 2.75) is 0 Å². The highest BCUT2D eigenvalue weighted by molar-refractivity contribution is 5.53. The van der Waals surface area contributed by atoms with Gasteiger partial charge in [-0.05, 0) is 24.3 Å². The van der Waals surface area contributed by atoms with E-state index in [9.17, 15) is 0 Å². The first-order chi connectivity index (χ1) is 6.29. The van der Waals surface area contributed by atoms with Crippen LogP contribution < -0.4 is 16.3 Å². The van der Waals surface area contributed by atoms with Crippen LogP contribution in [-0.4, -0.2) is 0 Å². The number of allylic oxidation sites excluding steroid dienone is 2. The third kappa shape index (κ3) is 1.30. The number of nitriles is 1. The molecule has 1 aliphatic rings. The number of fused-ring (bicyclic) bond motifs is 1. The summed E-state index contributed by atoms with van der Waals surface area (Å²) in [6, 6.07) is 7.43. The number of nitrogen functional groups attached to an aromatic ring is 1. The minimum atomic E-state index is 0.683. The van der Waals surface area contributed by atoms with Crippen LogP contribution in [0.25, 0.3) is 6.08 Å². The standard InChI is InChI=1S/C10H7N3/c11-4-3-9-6-7-5-8(12)1-2-10(7)13-9/h1-3,5-6H,12H2/b9-3-. The third-order valence-electron chi connectivity index (χ3n) is 1.82. The molecule has 1 aliphatic heterocycles. The molecule has 2 rings (SSSR count). The lowest BCUT2D eigenvalue weighted by Gasteiger charge is -1.87. The van der Waals surface area contributed by atoms with Crippen molar-refractivity contribution in [3.8, 4) is 6.07 Å². The van der Waals surface area contributed by atoms with E-state index in [4.69, 9.17) is 11.0 Å². The van der Waals surface area contributed by atoms with Gasteiger partial charge in [0, 0.05) is 17.0 Å². The van der Waals surface area contributed by atoms with Crippen LogP contribution in [0.5, 0.6) is 0 Å². The quantitative estimate of drug-likeness (QED) is 0.442. The van der Waals surface area contributed by atoms with Gasteiger partial charge < -0.3 is 5.73 Å². The minimum Gasteiger partial charge on any atom is -0.399 e. The Bertz CT molecular complexity index is 532. The molecule has 2 N–H and O–H groups in total. The highest BCUT2D eigenvalue weighted by Crippen LogP contribution is 2.01. The van der Waals surface area contributed by atoms with Crippen molar-refractivity contribution in [3.63, 3.8) is 0 Å². The third-order valence-corrected chi connectivity index (χ3v) is 1.82. The molecule has 0 unspecified atom stereocenters. The van der Waals surface area contributed by atoms with Crippen molar-refractivity contribution in [1.29, 1.82) is 5.26 Å². The van der Waals surface area contributed by atoms with Gasteiger partial charge in [-0.2, -0.15) is 5.26 Å². The van der Waals surface area contributed by atoms with Crippen molar-refractivity contribution in [3.05, 3.63) is 40.5 Å². The van der Waals surface area contributed by atoms with E-state index in [1.165, 1.54) is 6.08 Å². The maximum Gasteiger partial charge on any atom is 0.0934 e. The van der Waals surface area contributed by atoms with Gasteiger partial charge in [0.25, 0.3) is 0 Å². The normalized spacial score (nSPS) is 15.8. The Kier molecular flexibility index (Phi) is 1.60. The van der Waals surface area contributed by atoms with Gasteiger partial charge in [0.2, 0.25) is 0 Å². The Labute approximate surface area is 75.1 Å². The summed E-state index contributed by atoms with van der Waals surface area (Å²) in [5.74, 6) is 0. The summed E-state index contributed by atoms with van der Waals surface area (Å²) in [5.41, 5.74) is 7.00. The summed E-state index contributed by atoms with van der Waals surface area (Å²) in [6.45, 7) is 0. The Morgan fingerprint density at radius 1 is 1.46 bits per heavy atom. The first-order valence-corrected chi connectivity index (χ1v) is 3.85. The van der Waals surface area contributed by atoms with Crippen LogP contribution in [0.1, 0.15) is 0 Å². The predicted molar refractivity (Wildman–Crippen MR) is 49.8 cm³/mol. The van der Waals surface area contributed by atoms with Crippen LogP contribution in [-0.2, 0) is 0 Å². The lowest BCUT2D eigenvalue weighted by molar-refractivity contribution is 1.32. The molecule has 0 fully saturated rings. The van der Waals surface area contributed by atoms with E-state index in [-0.39, 0.29) is 0 Å². The van der Waals surface area contributed by atoms with E-state index in [2.05, 4.69) is 4.99 Å². The second-order valence-electron chi connectivity index (χ2n) is 2.77. The summed E-state index contributed by atoms with van der Waals surface area (Å²) < 4.78 is 0. The van der Waals surface area contributed by atoms with Crippen molar-refractivity contribution in [2.75, 3.05) is 5.73 Å². The summed E-state index contributed by atoms with van der Waals surface area (Å²) in [5, 5.41) is 10.3. The van der Waals surface area contributed by atoms with Gasteiger partial charge in [-0.15, -0.1) is 0 Å². The van der Waals surface area contributed by atoms with E-state index >= 15 is 0 Å². The Morgan fingerprint density at radius 3 is 3.08 bits per heavy atom. The molecule has 0 atom stereocenters. The number of benzene rings is 1. The fraction of sp³-hybridized carbons (Fsp3) is 0. The SMILES string of the molecule is N#C/C=C1/C=c2cc(N)ccc2=N1.